The second-order valence-corrected chi connectivity index (χ2v) is 6.03. The Morgan fingerprint density at radius 1 is 1.17 bits per heavy atom. The minimum absolute atomic E-state index is 0.231. The van der Waals surface area contributed by atoms with E-state index in [1.54, 1.807) is 19.1 Å². The third kappa shape index (κ3) is 2.27. The molecule has 0 radical (unpaired) electrons. The van der Waals surface area contributed by atoms with Crippen molar-refractivity contribution in [3.8, 4) is 0 Å². The van der Waals surface area contributed by atoms with Gasteiger partial charge in [0.15, 0.2) is 0 Å². The topological polar surface area (TPSA) is 76.6 Å². The molecule has 120 valence electrons. The van der Waals surface area contributed by atoms with Crippen LogP contribution in [-0.2, 0) is 4.84 Å². The first kappa shape index (κ1) is 14.6. The molecule has 1 aromatic carbocycles. The Balaban J connectivity index is 1.57. The molecule has 1 fully saturated rings. The number of benzene rings is 1. The van der Waals surface area contributed by atoms with E-state index in [1.165, 1.54) is 18.3 Å². The molecule has 0 spiro atoms. The number of hydrogen-bond donors (Lipinski definition) is 0. The quantitative estimate of drug-likeness (QED) is 0.812. The third-order valence-corrected chi connectivity index (χ3v) is 4.28. The van der Waals surface area contributed by atoms with Crippen LogP contribution in [-0.4, -0.2) is 27.8 Å². The first-order chi connectivity index (χ1) is 11.6. The Morgan fingerprint density at radius 2 is 1.79 bits per heavy atom. The number of carbonyl (C=O) groups excluding carboxylic acids is 3. The van der Waals surface area contributed by atoms with Crippen molar-refractivity contribution in [2.75, 3.05) is 0 Å². The molecular weight excluding hydrogens is 308 g/mol. The average molecular weight is 322 g/mol. The van der Waals surface area contributed by atoms with Gasteiger partial charge in [0.05, 0.1) is 16.7 Å². The minimum atomic E-state index is -0.767. The number of amides is 2. The van der Waals surface area contributed by atoms with Crippen LogP contribution in [0.3, 0.4) is 0 Å². The standard InChI is InChI=1S/C18H14N2O4/c1-10-8-15(11-6-7-11)19-9-14(10)18(23)24-20-16(21)12-4-2-3-5-13(12)17(20)22/h2-5,8-9,11H,6-7H2,1H3. The lowest BCUT2D eigenvalue weighted by Crippen LogP contribution is -2.33. The van der Waals surface area contributed by atoms with Crippen molar-refractivity contribution in [3.63, 3.8) is 0 Å². The molecule has 0 unspecified atom stereocenters. The lowest BCUT2D eigenvalue weighted by atomic mass is 10.1. The third-order valence-electron chi connectivity index (χ3n) is 4.28. The molecule has 1 aromatic heterocycles. The van der Waals surface area contributed by atoms with Crippen LogP contribution in [0.25, 0.3) is 0 Å². The highest BCUT2D eigenvalue weighted by molar-refractivity contribution is 6.21. The molecule has 0 saturated heterocycles. The molecule has 2 heterocycles. The second kappa shape index (κ2) is 5.26. The van der Waals surface area contributed by atoms with E-state index < -0.39 is 17.8 Å². The zero-order chi connectivity index (χ0) is 16.8. The van der Waals surface area contributed by atoms with Crippen molar-refractivity contribution in [1.29, 1.82) is 0 Å². The van der Waals surface area contributed by atoms with E-state index >= 15 is 0 Å². The average Bonchev–Trinajstić information content (AvgIpc) is 3.40. The predicted octanol–water partition coefficient (Wildman–Crippen LogP) is 2.64. The molecule has 2 amide bonds. The molecule has 2 aromatic rings. The molecule has 1 aliphatic heterocycles. The van der Waals surface area contributed by atoms with Crippen LogP contribution in [0.5, 0.6) is 0 Å². The highest BCUT2D eigenvalue weighted by Gasteiger charge is 2.39. The first-order valence-electron chi connectivity index (χ1n) is 7.73. The van der Waals surface area contributed by atoms with Crippen molar-refractivity contribution in [2.24, 2.45) is 0 Å². The number of aryl methyl sites for hydroxylation is 1. The molecule has 2 aliphatic rings. The van der Waals surface area contributed by atoms with Crippen LogP contribution in [0.4, 0.5) is 0 Å². The second-order valence-electron chi connectivity index (χ2n) is 6.03. The van der Waals surface area contributed by atoms with Gasteiger partial charge in [-0.2, -0.15) is 0 Å². The van der Waals surface area contributed by atoms with Gasteiger partial charge >= 0.3 is 5.97 Å². The molecule has 4 rings (SSSR count). The Bertz CT molecular complexity index is 851. The van der Waals surface area contributed by atoms with Crippen LogP contribution in [0.2, 0.25) is 0 Å². The Morgan fingerprint density at radius 3 is 2.33 bits per heavy atom. The van der Waals surface area contributed by atoms with Crippen LogP contribution in [0, 0.1) is 6.92 Å². The summed E-state index contributed by atoms with van der Waals surface area (Å²) in [5.41, 5.74) is 2.39. The summed E-state index contributed by atoms with van der Waals surface area (Å²) < 4.78 is 0. The monoisotopic (exact) mass is 322 g/mol. The molecular formula is C18H14N2O4. The fourth-order valence-corrected chi connectivity index (χ4v) is 2.78. The molecule has 24 heavy (non-hydrogen) atoms. The summed E-state index contributed by atoms with van der Waals surface area (Å²) in [5.74, 6) is -1.56. The van der Waals surface area contributed by atoms with Crippen LogP contribution in [0.15, 0.2) is 36.5 Å². The van der Waals surface area contributed by atoms with Crippen molar-refractivity contribution in [3.05, 3.63) is 64.5 Å². The first-order valence-corrected chi connectivity index (χ1v) is 7.73. The van der Waals surface area contributed by atoms with Crippen molar-refractivity contribution >= 4 is 17.8 Å². The van der Waals surface area contributed by atoms with E-state index in [2.05, 4.69) is 4.98 Å². The van der Waals surface area contributed by atoms with E-state index in [0.717, 1.165) is 18.5 Å². The van der Waals surface area contributed by atoms with Crippen LogP contribution in [0.1, 0.15) is 61.1 Å². The fourth-order valence-electron chi connectivity index (χ4n) is 2.78. The van der Waals surface area contributed by atoms with Gasteiger partial charge in [-0.15, -0.1) is 0 Å². The largest absolute Gasteiger partial charge is 0.365 e. The van der Waals surface area contributed by atoms with Crippen molar-refractivity contribution in [1.82, 2.24) is 10.0 Å². The number of rotatable bonds is 3. The summed E-state index contributed by atoms with van der Waals surface area (Å²) >= 11 is 0. The van der Waals surface area contributed by atoms with Gasteiger partial charge in [0.1, 0.15) is 0 Å². The van der Waals surface area contributed by atoms with Crippen LogP contribution >= 0.6 is 0 Å². The van der Waals surface area contributed by atoms with E-state index in [0.29, 0.717) is 16.5 Å². The summed E-state index contributed by atoms with van der Waals surface area (Å²) in [4.78, 5) is 46.1. The van der Waals surface area contributed by atoms with Gasteiger partial charge in [0.2, 0.25) is 0 Å². The lowest BCUT2D eigenvalue weighted by molar-refractivity contribution is -0.0585. The smallest absolute Gasteiger partial charge is 0.324 e. The summed E-state index contributed by atoms with van der Waals surface area (Å²) in [6, 6.07) is 8.22. The maximum atomic E-state index is 12.4. The zero-order valence-electron chi connectivity index (χ0n) is 13.0. The van der Waals surface area contributed by atoms with Gasteiger partial charge < -0.3 is 4.84 Å². The normalized spacial score (nSPS) is 16.3. The van der Waals surface area contributed by atoms with Crippen LogP contribution < -0.4 is 0 Å². The summed E-state index contributed by atoms with van der Waals surface area (Å²) in [6.45, 7) is 1.78. The fraction of sp³-hybridized carbons (Fsp3) is 0.222. The number of hydroxylamine groups is 2. The number of pyridine rings is 1. The summed E-state index contributed by atoms with van der Waals surface area (Å²) in [6.07, 6.45) is 3.68. The highest BCUT2D eigenvalue weighted by Crippen LogP contribution is 2.39. The predicted molar refractivity (Wildman–Crippen MR) is 83.3 cm³/mol. The molecule has 6 heteroatoms. The molecule has 1 saturated carbocycles. The van der Waals surface area contributed by atoms with E-state index in [4.69, 9.17) is 4.84 Å². The van der Waals surface area contributed by atoms with Crippen molar-refractivity contribution < 1.29 is 19.2 Å². The number of imide groups is 1. The van der Waals surface area contributed by atoms with Gasteiger partial charge in [-0.3, -0.25) is 14.6 Å². The lowest BCUT2D eigenvalue weighted by Gasteiger charge is -2.13. The summed E-state index contributed by atoms with van der Waals surface area (Å²) in [7, 11) is 0. The molecule has 6 nitrogen and oxygen atoms in total. The molecule has 0 atom stereocenters. The number of fused-ring (bicyclic) bond motifs is 1. The number of hydrogen-bond acceptors (Lipinski definition) is 5. The van der Waals surface area contributed by atoms with Gasteiger partial charge in [0, 0.05) is 17.8 Å². The number of nitrogens with zero attached hydrogens (tertiary/aromatic N) is 2. The minimum Gasteiger partial charge on any atom is -0.324 e. The molecule has 1 aliphatic carbocycles. The summed E-state index contributed by atoms with van der Waals surface area (Å²) in [5, 5.41) is 0.515. The van der Waals surface area contributed by atoms with E-state index in [1.807, 2.05) is 6.07 Å². The highest BCUT2D eigenvalue weighted by atomic mass is 16.7. The van der Waals surface area contributed by atoms with Gasteiger partial charge in [-0.05, 0) is 43.5 Å². The van der Waals surface area contributed by atoms with Gasteiger partial charge in [-0.1, -0.05) is 17.2 Å². The maximum Gasteiger partial charge on any atom is 0.365 e. The number of aromatic nitrogens is 1. The van der Waals surface area contributed by atoms with E-state index in [-0.39, 0.29) is 16.7 Å². The molecule has 0 bridgehead atoms. The Labute approximate surface area is 138 Å². The number of carbonyl (C=O) groups is 3. The zero-order valence-corrected chi connectivity index (χ0v) is 13.0. The Kier molecular flexibility index (Phi) is 3.19. The Hall–Kier alpha value is -3.02. The van der Waals surface area contributed by atoms with E-state index in [9.17, 15) is 14.4 Å². The van der Waals surface area contributed by atoms with Gasteiger partial charge in [0.25, 0.3) is 11.8 Å². The van der Waals surface area contributed by atoms with Gasteiger partial charge in [-0.25, -0.2) is 4.79 Å². The SMILES string of the molecule is Cc1cc(C2CC2)ncc1C(=O)ON1C(=O)c2ccccc2C1=O. The van der Waals surface area contributed by atoms with Crippen molar-refractivity contribution in [2.45, 2.75) is 25.7 Å². The maximum absolute atomic E-state index is 12.4. The molecule has 0 N–H and O–H groups in total.